The second-order valence-corrected chi connectivity index (χ2v) is 5.85. The van der Waals surface area contributed by atoms with Crippen LogP contribution in [0.15, 0.2) is 0 Å². The number of hydrogen-bond donors (Lipinski definition) is 1. The molecule has 1 aliphatic carbocycles. The van der Waals surface area contributed by atoms with Gasteiger partial charge in [0.05, 0.1) is 7.11 Å². The monoisotopic (exact) mass is 222 g/mol. The second-order valence-electron chi connectivity index (χ2n) is 3.63. The Bertz CT molecular complexity index is 334. The Morgan fingerprint density at radius 2 is 2.14 bits per heavy atom. The maximum Gasteiger partial charge on any atom is 0.339 e. The molecule has 1 fully saturated rings. The molecule has 6 heteroatoms. The molecule has 0 saturated heterocycles. The van der Waals surface area contributed by atoms with Crippen molar-refractivity contribution in [3.8, 4) is 0 Å². The summed E-state index contributed by atoms with van der Waals surface area (Å²) in [5.41, 5.74) is -1.84. The molecule has 1 saturated carbocycles. The third-order valence-electron chi connectivity index (χ3n) is 2.61. The number of hydrogen-bond acceptors (Lipinski definition) is 5. The van der Waals surface area contributed by atoms with Crippen LogP contribution in [0, 0.1) is 0 Å². The highest BCUT2D eigenvalue weighted by Gasteiger charge is 2.53. The van der Waals surface area contributed by atoms with E-state index in [1.54, 1.807) is 0 Å². The summed E-state index contributed by atoms with van der Waals surface area (Å²) in [5.74, 6) is -0.856. The largest absolute Gasteiger partial charge is 0.467 e. The number of rotatable bonds is 2. The molecule has 2 atom stereocenters. The molecule has 2 unspecified atom stereocenters. The van der Waals surface area contributed by atoms with Crippen LogP contribution in [-0.4, -0.2) is 43.7 Å². The van der Waals surface area contributed by atoms with Crippen LogP contribution in [0.1, 0.15) is 19.3 Å². The first-order chi connectivity index (χ1) is 6.32. The van der Waals surface area contributed by atoms with Crippen LogP contribution < -0.4 is 0 Å². The highest BCUT2D eigenvalue weighted by Crippen LogP contribution is 2.35. The summed E-state index contributed by atoms with van der Waals surface area (Å²) < 4.78 is 27.0. The summed E-state index contributed by atoms with van der Waals surface area (Å²) in [5, 5.41) is 8.88. The minimum atomic E-state index is -3.42. The van der Waals surface area contributed by atoms with Crippen LogP contribution in [0.25, 0.3) is 0 Å². The molecule has 0 aliphatic heterocycles. The lowest BCUT2D eigenvalue weighted by molar-refractivity contribution is -0.161. The lowest BCUT2D eigenvalue weighted by Gasteiger charge is -2.25. The van der Waals surface area contributed by atoms with E-state index in [2.05, 4.69) is 4.74 Å². The Hall–Kier alpha value is -0.620. The molecule has 0 spiro atoms. The number of sulfone groups is 1. The SMILES string of the molecule is COC(=O)C1(O)CCCC1S(C)(=O)=O. The van der Waals surface area contributed by atoms with Crippen molar-refractivity contribution in [1.82, 2.24) is 0 Å². The lowest BCUT2D eigenvalue weighted by Crippen LogP contribution is -2.49. The molecule has 0 aromatic rings. The quantitative estimate of drug-likeness (QED) is 0.636. The van der Waals surface area contributed by atoms with Gasteiger partial charge in [0, 0.05) is 6.26 Å². The number of methoxy groups -OCH3 is 1. The van der Waals surface area contributed by atoms with E-state index in [0.717, 1.165) is 13.4 Å². The van der Waals surface area contributed by atoms with Crippen molar-refractivity contribution in [2.45, 2.75) is 30.1 Å². The van der Waals surface area contributed by atoms with E-state index in [0.29, 0.717) is 12.8 Å². The van der Waals surface area contributed by atoms with Gasteiger partial charge >= 0.3 is 5.97 Å². The third kappa shape index (κ3) is 1.76. The molecule has 0 aromatic heterocycles. The fourth-order valence-corrected chi connectivity index (χ4v) is 3.45. The lowest BCUT2D eigenvalue weighted by atomic mass is 10.0. The fourth-order valence-electron chi connectivity index (χ4n) is 1.94. The maximum absolute atomic E-state index is 11.3. The molecule has 0 heterocycles. The molecule has 0 amide bonds. The first kappa shape index (κ1) is 11.5. The van der Waals surface area contributed by atoms with Crippen LogP contribution in [0.3, 0.4) is 0 Å². The fraction of sp³-hybridized carbons (Fsp3) is 0.875. The van der Waals surface area contributed by atoms with Crippen LogP contribution in [0.5, 0.6) is 0 Å². The number of carbonyl (C=O) groups excluding carboxylic acids is 1. The minimum Gasteiger partial charge on any atom is -0.467 e. The Labute approximate surface area is 83.0 Å². The zero-order valence-corrected chi connectivity index (χ0v) is 9.00. The standard InChI is InChI=1S/C8H14O5S/c1-13-7(9)8(10)5-3-4-6(8)14(2,11)12/h6,10H,3-5H2,1-2H3. The van der Waals surface area contributed by atoms with Gasteiger partial charge in [0.2, 0.25) is 0 Å². The van der Waals surface area contributed by atoms with Crippen molar-refractivity contribution >= 4 is 15.8 Å². The molecule has 0 aromatic carbocycles. The number of aliphatic hydroxyl groups is 1. The molecular weight excluding hydrogens is 208 g/mol. The zero-order chi connectivity index (χ0) is 11.0. The molecule has 0 radical (unpaired) electrons. The Morgan fingerprint density at radius 1 is 1.57 bits per heavy atom. The predicted molar refractivity (Wildman–Crippen MR) is 49.4 cm³/mol. The van der Waals surface area contributed by atoms with Crippen molar-refractivity contribution in [2.24, 2.45) is 0 Å². The normalized spacial score (nSPS) is 32.9. The summed E-state index contributed by atoms with van der Waals surface area (Å²) in [6.07, 6.45) is 2.00. The van der Waals surface area contributed by atoms with Crippen molar-refractivity contribution in [3.63, 3.8) is 0 Å². The van der Waals surface area contributed by atoms with E-state index in [9.17, 15) is 18.3 Å². The van der Waals surface area contributed by atoms with E-state index in [-0.39, 0.29) is 6.42 Å². The van der Waals surface area contributed by atoms with E-state index >= 15 is 0 Å². The van der Waals surface area contributed by atoms with Gasteiger partial charge in [-0.15, -0.1) is 0 Å². The van der Waals surface area contributed by atoms with Crippen molar-refractivity contribution in [1.29, 1.82) is 0 Å². The number of carbonyl (C=O) groups is 1. The predicted octanol–water partition coefficient (Wildman–Crippen LogP) is -0.512. The van der Waals surface area contributed by atoms with Gasteiger partial charge < -0.3 is 9.84 Å². The van der Waals surface area contributed by atoms with Crippen LogP contribution in [-0.2, 0) is 19.4 Å². The highest BCUT2D eigenvalue weighted by molar-refractivity contribution is 7.91. The van der Waals surface area contributed by atoms with Crippen molar-refractivity contribution in [2.75, 3.05) is 13.4 Å². The summed E-state index contributed by atoms with van der Waals surface area (Å²) in [6.45, 7) is 0. The van der Waals surface area contributed by atoms with Gasteiger partial charge in [-0.25, -0.2) is 13.2 Å². The molecule has 5 nitrogen and oxygen atoms in total. The molecule has 82 valence electrons. The maximum atomic E-state index is 11.3. The van der Waals surface area contributed by atoms with Crippen LogP contribution >= 0.6 is 0 Å². The highest BCUT2D eigenvalue weighted by atomic mass is 32.2. The molecular formula is C8H14O5S. The first-order valence-electron chi connectivity index (χ1n) is 4.32. The first-order valence-corrected chi connectivity index (χ1v) is 6.27. The zero-order valence-electron chi connectivity index (χ0n) is 8.19. The van der Waals surface area contributed by atoms with Gasteiger partial charge in [0.25, 0.3) is 0 Å². The topological polar surface area (TPSA) is 80.7 Å². The minimum absolute atomic E-state index is 0.150. The van der Waals surface area contributed by atoms with E-state index in [1.807, 2.05) is 0 Å². The number of esters is 1. The molecule has 14 heavy (non-hydrogen) atoms. The van der Waals surface area contributed by atoms with E-state index in [1.165, 1.54) is 0 Å². The molecule has 1 aliphatic rings. The van der Waals surface area contributed by atoms with E-state index in [4.69, 9.17) is 0 Å². The average molecular weight is 222 g/mol. The second kappa shape index (κ2) is 3.51. The van der Waals surface area contributed by atoms with Gasteiger partial charge in [-0.2, -0.15) is 0 Å². The van der Waals surface area contributed by atoms with Crippen molar-refractivity contribution in [3.05, 3.63) is 0 Å². The van der Waals surface area contributed by atoms with Gasteiger partial charge in [-0.05, 0) is 19.3 Å². The summed E-state index contributed by atoms with van der Waals surface area (Å²) in [4.78, 5) is 11.3. The van der Waals surface area contributed by atoms with Gasteiger partial charge in [-0.3, -0.25) is 0 Å². The number of ether oxygens (including phenoxy) is 1. The molecule has 1 rings (SSSR count). The smallest absolute Gasteiger partial charge is 0.339 e. The Balaban J connectivity index is 3.04. The van der Waals surface area contributed by atoms with Crippen LogP contribution in [0.4, 0.5) is 0 Å². The van der Waals surface area contributed by atoms with E-state index < -0.39 is 26.7 Å². The molecule has 1 N–H and O–H groups in total. The average Bonchev–Trinajstić information content (AvgIpc) is 2.46. The summed E-state index contributed by atoms with van der Waals surface area (Å²) in [6, 6.07) is 0. The van der Waals surface area contributed by atoms with Gasteiger partial charge in [0.15, 0.2) is 15.4 Å². The van der Waals surface area contributed by atoms with Crippen LogP contribution in [0.2, 0.25) is 0 Å². The van der Waals surface area contributed by atoms with Crippen molar-refractivity contribution < 1.29 is 23.1 Å². The Kier molecular flexibility index (Phi) is 2.87. The van der Waals surface area contributed by atoms with Gasteiger partial charge in [-0.1, -0.05) is 0 Å². The Morgan fingerprint density at radius 3 is 2.57 bits per heavy atom. The third-order valence-corrected chi connectivity index (χ3v) is 4.27. The van der Waals surface area contributed by atoms with Gasteiger partial charge in [0.1, 0.15) is 5.25 Å². The summed E-state index contributed by atoms with van der Waals surface area (Å²) in [7, 11) is -2.28. The summed E-state index contributed by atoms with van der Waals surface area (Å²) >= 11 is 0. The molecule has 0 bridgehead atoms.